The molecule has 0 spiro atoms. The minimum absolute atomic E-state index is 0.146. The van der Waals surface area contributed by atoms with Crippen LogP contribution in [0.5, 0.6) is 0 Å². The summed E-state index contributed by atoms with van der Waals surface area (Å²) in [6.07, 6.45) is 0. The topological polar surface area (TPSA) is 87.3 Å². The largest absolute Gasteiger partial charge is 0.355 e. The van der Waals surface area contributed by atoms with Crippen molar-refractivity contribution in [3.8, 4) is 0 Å². The molecule has 0 fully saturated rings. The van der Waals surface area contributed by atoms with Crippen LogP contribution in [0, 0.1) is 6.92 Å². The molecular weight excluding hydrogens is 374 g/mol. The van der Waals surface area contributed by atoms with E-state index in [2.05, 4.69) is 16.0 Å². The molecule has 6 nitrogen and oxygen atoms in total. The zero-order valence-corrected chi connectivity index (χ0v) is 17.1. The highest BCUT2D eigenvalue weighted by Gasteiger charge is 2.15. The van der Waals surface area contributed by atoms with Crippen LogP contribution in [0.4, 0.5) is 5.69 Å². The van der Waals surface area contributed by atoms with Gasteiger partial charge in [0.05, 0.1) is 11.0 Å². The highest BCUT2D eigenvalue weighted by atomic mass is 32.2. The Morgan fingerprint density at radius 1 is 1.07 bits per heavy atom. The third-order valence-electron chi connectivity index (χ3n) is 4.05. The first-order valence-corrected chi connectivity index (χ1v) is 10.0. The molecule has 1 unspecified atom stereocenters. The minimum Gasteiger partial charge on any atom is -0.355 e. The van der Waals surface area contributed by atoms with Crippen LogP contribution in [0.15, 0.2) is 48.5 Å². The number of hydrogen-bond acceptors (Lipinski definition) is 4. The first-order chi connectivity index (χ1) is 13.4. The fraction of sp³-hybridized carbons (Fsp3) is 0.286. The Hall–Kier alpha value is -2.80. The van der Waals surface area contributed by atoms with Gasteiger partial charge in [0, 0.05) is 24.8 Å². The second-order valence-electron chi connectivity index (χ2n) is 6.36. The Balaban J connectivity index is 1.77. The van der Waals surface area contributed by atoms with Crippen molar-refractivity contribution in [2.75, 3.05) is 18.1 Å². The van der Waals surface area contributed by atoms with Gasteiger partial charge in [-0.3, -0.25) is 14.4 Å². The van der Waals surface area contributed by atoms with E-state index >= 15 is 0 Å². The summed E-state index contributed by atoms with van der Waals surface area (Å²) in [6, 6.07) is 14.6. The summed E-state index contributed by atoms with van der Waals surface area (Å²) in [5, 5.41) is 7.86. The van der Waals surface area contributed by atoms with Crippen LogP contribution in [0.2, 0.25) is 0 Å². The van der Waals surface area contributed by atoms with Crippen molar-refractivity contribution in [3.63, 3.8) is 0 Å². The molecule has 2 aromatic rings. The van der Waals surface area contributed by atoms with E-state index in [1.807, 2.05) is 37.3 Å². The smallest absolute Gasteiger partial charge is 0.251 e. The monoisotopic (exact) mass is 399 g/mol. The maximum absolute atomic E-state index is 12.3. The summed E-state index contributed by atoms with van der Waals surface area (Å²) in [4.78, 5) is 36.0. The molecule has 3 N–H and O–H groups in total. The van der Waals surface area contributed by atoms with Gasteiger partial charge in [-0.05, 0) is 43.7 Å². The van der Waals surface area contributed by atoms with Gasteiger partial charge >= 0.3 is 0 Å². The highest BCUT2D eigenvalue weighted by Crippen LogP contribution is 2.14. The lowest BCUT2D eigenvalue weighted by atomic mass is 10.1. The maximum atomic E-state index is 12.3. The number of carbonyl (C=O) groups is 3. The van der Waals surface area contributed by atoms with E-state index < -0.39 is 0 Å². The molecule has 0 aromatic heterocycles. The zero-order valence-electron chi connectivity index (χ0n) is 16.2. The number of aryl methyl sites for hydroxylation is 1. The Bertz CT molecular complexity index is 837. The molecule has 148 valence electrons. The number of hydrogen-bond donors (Lipinski definition) is 3. The van der Waals surface area contributed by atoms with E-state index in [4.69, 9.17) is 0 Å². The predicted molar refractivity (Wildman–Crippen MR) is 113 cm³/mol. The molecule has 0 aliphatic rings. The van der Waals surface area contributed by atoms with E-state index in [0.29, 0.717) is 12.1 Å². The SMILES string of the molecule is CNC(=O)c1cccc(CNC(=O)C(C)SCC(=O)Nc2ccc(C)cc2)c1. The molecule has 3 amide bonds. The molecule has 0 saturated carbocycles. The van der Waals surface area contributed by atoms with Crippen LogP contribution in [0.3, 0.4) is 0 Å². The molecule has 0 radical (unpaired) electrons. The second kappa shape index (κ2) is 10.5. The van der Waals surface area contributed by atoms with Crippen molar-refractivity contribution in [2.45, 2.75) is 25.6 Å². The van der Waals surface area contributed by atoms with Crippen molar-refractivity contribution in [1.29, 1.82) is 0 Å². The van der Waals surface area contributed by atoms with Crippen molar-refractivity contribution in [1.82, 2.24) is 10.6 Å². The lowest BCUT2D eigenvalue weighted by molar-refractivity contribution is -0.120. The quantitative estimate of drug-likeness (QED) is 0.637. The third kappa shape index (κ3) is 6.74. The molecule has 2 rings (SSSR count). The van der Waals surface area contributed by atoms with Crippen molar-refractivity contribution in [3.05, 3.63) is 65.2 Å². The van der Waals surface area contributed by atoms with E-state index in [1.54, 1.807) is 32.2 Å². The Kier molecular flexibility index (Phi) is 8.07. The fourth-order valence-electron chi connectivity index (χ4n) is 2.41. The normalized spacial score (nSPS) is 11.4. The lowest BCUT2D eigenvalue weighted by Gasteiger charge is -2.12. The Labute approximate surface area is 169 Å². The molecule has 0 aliphatic heterocycles. The molecule has 0 saturated heterocycles. The number of amides is 3. The summed E-state index contributed by atoms with van der Waals surface area (Å²) in [5.74, 6) is -0.281. The maximum Gasteiger partial charge on any atom is 0.251 e. The molecule has 0 aliphatic carbocycles. The van der Waals surface area contributed by atoms with E-state index in [9.17, 15) is 14.4 Å². The van der Waals surface area contributed by atoms with Gasteiger partial charge in [0.15, 0.2) is 0 Å². The first kappa shape index (κ1) is 21.5. The first-order valence-electron chi connectivity index (χ1n) is 8.96. The lowest BCUT2D eigenvalue weighted by Crippen LogP contribution is -2.31. The van der Waals surface area contributed by atoms with Crippen molar-refractivity contribution in [2.24, 2.45) is 0 Å². The number of anilines is 1. The van der Waals surface area contributed by atoms with Crippen LogP contribution < -0.4 is 16.0 Å². The summed E-state index contributed by atoms with van der Waals surface area (Å²) < 4.78 is 0. The highest BCUT2D eigenvalue weighted by molar-refractivity contribution is 8.01. The van der Waals surface area contributed by atoms with Gasteiger partial charge in [-0.15, -0.1) is 11.8 Å². The average molecular weight is 400 g/mol. The number of thioether (sulfide) groups is 1. The van der Waals surface area contributed by atoms with Crippen LogP contribution in [-0.4, -0.2) is 35.8 Å². The average Bonchev–Trinajstić information content (AvgIpc) is 2.71. The van der Waals surface area contributed by atoms with Gasteiger partial charge in [-0.2, -0.15) is 0 Å². The van der Waals surface area contributed by atoms with Crippen molar-refractivity contribution >= 4 is 35.2 Å². The summed E-state index contributed by atoms with van der Waals surface area (Å²) in [7, 11) is 1.57. The molecule has 7 heteroatoms. The molecule has 0 bridgehead atoms. The summed E-state index contributed by atoms with van der Waals surface area (Å²) in [5.41, 5.74) is 3.25. The second-order valence-corrected chi connectivity index (χ2v) is 7.69. The van der Waals surface area contributed by atoms with Gasteiger partial charge in [0.25, 0.3) is 5.91 Å². The zero-order chi connectivity index (χ0) is 20.5. The van der Waals surface area contributed by atoms with Gasteiger partial charge in [-0.25, -0.2) is 0 Å². The van der Waals surface area contributed by atoms with Crippen LogP contribution in [0.1, 0.15) is 28.4 Å². The minimum atomic E-state index is -0.370. The Morgan fingerprint density at radius 2 is 1.79 bits per heavy atom. The molecular formula is C21H25N3O3S. The van der Waals surface area contributed by atoms with Gasteiger partial charge in [0.2, 0.25) is 11.8 Å². The molecule has 2 aromatic carbocycles. The van der Waals surface area contributed by atoms with Crippen LogP contribution >= 0.6 is 11.8 Å². The van der Waals surface area contributed by atoms with Crippen LogP contribution in [0.25, 0.3) is 0 Å². The Morgan fingerprint density at radius 3 is 2.46 bits per heavy atom. The number of rotatable bonds is 8. The standard InChI is InChI=1S/C21H25N3O3S/c1-14-7-9-18(10-8-14)24-19(25)13-28-15(2)20(26)23-12-16-5-4-6-17(11-16)21(27)22-3/h4-11,15H,12-13H2,1-3H3,(H,22,27)(H,23,26)(H,24,25). The predicted octanol–water partition coefficient (Wildman–Crippen LogP) is 2.73. The molecule has 1 atom stereocenters. The number of nitrogens with one attached hydrogen (secondary N) is 3. The van der Waals surface area contributed by atoms with Crippen molar-refractivity contribution < 1.29 is 14.4 Å². The summed E-state index contributed by atoms with van der Waals surface area (Å²) >= 11 is 1.27. The van der Waals surface area contributed by atoms with Gasteiger partial charge in [-0.1, -0.05) is 29.8 Å². The fourth-order valence-corrected chi connectivity index (χ4v) is 3.12. The number of benzene rings is 2. The van der Waals surface area contributed by atoms with E-state index in [1.165, 1.54) is 11.8 Å². The van der Waals surface area contributed by atoms with E-state index in [0.717, 1.165) is 16.8 Å². The van der Waals surface area contributed by atoms with E-state index in [-0.39, 0.29) is 28.7 Å². The van der Waals surface area contributed by atoms with Crippen LogP contribution in [-0.2, 0) is 16.1 Å². The number of carbonyl (C=O) groups excluding carboxylic acids is 3. The van der Waals surface area contributed by atoms with Gasteiger partial charge < -0.3 is 16.0 Å². The molecule has 0 heterocycles. The molecule has 28 heavy (non-hydrogen) atoms. The third-order valence-corrected chi connectivity index (χ3v) is 5.19. The van der Waals surface area contributed by atoms with Gasteiger partial charge in [0.1, 0.15) is 0 Å². The summed E-state index contributed by atoms with van der Waals surface area (Å²) in [6.45, 7) is 4.07.